The Hall–Kier alpha value is -3.73. The molecule has 1 saturated carbocycles. The smallest absolute Gasteiger partial charge is 0.181 e. The van der Waals surface area contributed by atoms with Crippen molar-refractivity contribution in [1.29, 1.82) is 5.26 Å². The lowest BCUT2D eigenvalue weighted by atomic mass is 9.71. The number of benzene rings is 2. The zero-order valence-electron chi connectivity index (χ0n) is 16.2. The Morgan fingerprint density at radius 3 is 2.48 bits per heavy atom. The molecule has 2 aromatic carbocycles. The number of rotatable bonds is 3. The molecule has 1 fully saturated rings. The molecule has 1 aromatic heterocycles. The topological polar surface area (TPSA) is 124 Å². The third-order valence-corrected chi connectivity index (χ3v) is 6.41. The van der Waals surface area contributed by atoms with Gasteiger partial charge in [0.2, 0.25) is 0 Å². The van der Waals surface area contributed by atoms with Crippen molar-refractivity contribution >= 4 is 6.29 Å². The first kappa shape index (κ1) is 19.2. The van der Waals surface area contributed by atoms with E-state index in [1.165, 1.54) is 6.07 Å². The highest BCUT2D eigenvalue weighted by Gasteiger charge is 2.76. The van der Waals surface area contributed by atoms with E-state index >= 15 is 0 Å². The third-order valence-electron chi connectivity index (χ3n) is 6.41. The van der Waals surface area contributed by atoms with Crippen molar-refractivity contribution < 1.29 is 24.9 Å². The van der Waals surface area contributed by atoms with Crippen molar-refractivity contribution in [3.63, 3.8) is 0 Å². The number of fused-ring (bicyclic) bond motifs is 3. The molecule has 2 aliphatic rings. The first-order valence-corrected chi connectivity index (χ1v) is 9.77. The molecule has 0 radical (unpaired) electrons. The van der Waals surface area contributed by atoms with Gasteiger partial charge in [-0.1, -0.05) is 42.5 Å². The average Bonchev–Trinajstić information content (AvgIpc) is 3.16. The van der Waals surface area contributed by atoms with E-state index in [0.29, 0.717) is 23.0 Å². The van der Waals surface area contributed by atoms with Gasteiger partial charge in [-0.25, -0.2) is 0 Å². The predicted molar refractivity (Wildman–Crippen MR) is 108 cm³/mol. The Morgan fingerprint density at radius 2 is 1.84 bits per heavy atom. The number of aromatic hydroxyl groups is 1. The van der Waals surface area contributed by atoms with Crippen LogP contribution in [0, 0.1) is 17.2 Å². The van der Waals surface area contributed by atoms with E-state index < -0.39 is 29.1 Å². The van der Waals surface area contributed by atoms with Gasteiger partial charge in [-0.05, 0) is 23.3 Å². The van der Waals surface area contributed by atoms with Crippen LogP contribution in [0.1, 0.15) is 28.3 Å². The molecule has 1 aliphatic heterocycles. The summed E-state index contributed by atoms with van der Waals surface area (Å²) in [5.41, 5.74) is -2.06. The number of aliphatic hydroxyl groups is 2. The lowest BCUT2D eigenvalue weighted by Crippen LogP contribution is -2.52. The molecule has 154 valence electrons. The highest BCUT2D eigenvalue weighted by Crippen LogP contribution is 2.67. The van der Waals surface area contributed by atoms with E-state index in [-0.39, 0.29) is 17.2 Å². The molecule has 3 aromatic rings. The molecule has 7 heteroatoms. The number of carbonyl (C=O) groups excluding carboxylic acids is 1. The van der Waals surface area contributed by atoms with Crippen LogP contribution >= 0.6 is 0 Å². The summed E-state index contributed by atoms with van der Waals surface area (Å²) in [6.07, 6.45) is 0.269. The Balaban J connectivity index is 1.85. The molecule has 0 saturated heterocycles. The van der Waals surface area contributed by atoms with Crippen LogP contribution in [0.25, 0.3) is 0 Å². The van der Waals surface area contributed by atoms with Gasteiger partial charge in [0.25, 0.3) is 0 Å². The van der Waals surface area contributed by atoms with Crippen molar-refractivity contribution in [2.75, 3.05) is 0 Å². The maximum absolute atomic E-state index is 12.2. The molecule has 0 bridgehead atoms. The van der Waals surface area contributed by atoms with E-state index in [1.54, 1.807) is 36.4 Å². The van der Waals surface area contributed by atoms with Gasteiger partial charge in [-0.15, -0.1) is 0 Å². The molecular weight excluding hydrogens is 396 g/mol. The van der Waals surface area contributed by atoms with Crippen molar-refractivity contribution in [3.8, 4) is 17.6 Å². The summed E-state index contributed by atoms with van der Waals surface area (Å²) in [5, 5.41) is 42.5. The zero-order valence-corrected chi connectivity index (χ0v) is 16.2. The summed E-state index contributed by atoms with van der Waals surface area (Å²) in [4.78, 5) is 16.4. The monoisotopic (exact) mass is 414 g/mol. The van der Waals surface area contributed by atoms with Gasteiger partial charge in [-0.2, -0.15) is 5.26 Å². The fourth-order valence-electron chi connectivity index (χ4n) is 5.14. The fourth-order valence-corrected chi connectivity index (χ4v) is 5.14. The number of aliphatic hydroxyl groups excluding tert-OH is 1. The van der Waals surface area contributed by atoms with E-state index in [9.17, 15) is 25.4 Å². The minimum absolute atomic E-state index is 0.0486. The molecule has 5 rings (SSSR count). The van der Waals surface area contributed by atoms with E-state index in [0.717, 1.165) is 6.20 Å². The van der Waals surface area contributed by atoms with Gasteiger partial charge in [0.15, 0.2) is 11.2 Å². The van der Waals surface area contributed by atoms with Crippen LogP contribution in [0.2, 0.25) is 0 Å². The lowest BCUT2D eigenvalue weighted by molar-refractivity contribution is -0.153. The number of pyridine rings is 1. The number of hydrogen-bond acceptors (Lipinski definition) is 7. The van der Waals surface area contributed by atoms with Crippen LogP contribution in [-0.4, -0.2) is 32.7 Å². The molecule has 7 nitrogen and oxygen atoms in total. The largest absolute Gasteiger partial charge is 0.506 e. The molecule has 3 N–H and O–H groups in total. The second kappa shape index (κ2) is 6.64. The van der Waals surface area contributed by atoms with Crippen LogP contribution in [0.5, 0.6) is 11.5 Å². The molecule has 1 aliphatic carbocycles. The Labute approximate surface area is 177 Å². The average molecular weight is 414 g/mol. The summed E-state index contributed by atoms with van der Waals surface area (Å²) < 4.78 is 6.36. The van der Waals surface area contributed by atoms with Gasteiger partial charge >= 0.3 is 0 Å². The van der Waals surface area contributed by atoms with Gasteiger partial charge < -0.3 is 24.9 Å². The standard InChI is InChI=1S/C24H18N2O5/c25-11-14-6-8-16(9-7-14)24-20(15-4-2-1-3-5-15)18(13-27)22(29)23(24,30)21-19(31-24)10-17(28)12-26-21/h1-10,12-13,18,20,22,28-30H/t18-,20-,22-,23+,24+/m1/s1. The summed E-state index contributed by atoms with van der Waals surface area (Å²) >= 11 is 0. The van der Waals surface area contributed by atoms with Crippen LogP contribution < -0.4 is 4.74 Å². The number of ether oxygens (including phenoxy) is 1. The first-order valence-electron chi connectivity index (χ1n) is 9.77. The number of nitriles is 1. The van der Waals surface area contributed by atoms with Crippen molar-refractivity contribution in [2.45, 2.75) is 23.2 Å². The Morgan fingerprint density at radius 1 is 1.13 bits per heavy atom. The van der Waals surface area contributed by atoms with E-state index in [1.807, 2.05) is 18.2 Å². The zero-order chi connectivity index (χ0) is 21.8. The minimum Gasteiger partial charge on any atom is -0.506 e. The summed E-state index contributed by atoms with van der Waals surface area (Å²) in [6, 6.07) is 18.9. The van der Waals surface area contributed by atoms with E-state index in [2.05, 4.69) is 11.1 Å². The second-order valence-electron chi connectivity index (χ2n) is 7.88. The molecule has 0 amide bonds. The third kappa shape index (κ3) is 2.34. The van der Waals surface area contributed by atoms with Crippen LogP contribution in [-0.2, 0) is 16.0 Å². The Kier molecular flexibility index (Phi) is 4.12. The maximum Gasteiger partial charge on any atom is 0.181 e. The normalized spacial score (nSPS) is 30.7. The number of hydrogen-bond donors (Lipinski definition) is 3. The summed E-state index contributed by atoms with van der Waals surface area (Å²) in [6.45, 7) is 0. The van der Waals surface area contributed by atoms with Gasteiger partial charge in [0.1, 0.15) is 29.6 Å². The van der Waals surface area contributed by atoms with Crippen molar-refractivity contribution in [1.82, 2.24) is 4.98 Å². The molecule has 5 atom stereocenters. The first-order chi connectivity index (χ1) is 15.0. The Bertz CT molecular complexity index is 1210. The van der Waals surface area contributed by atoms with Crippen LogP contribution in [0.15, 0.2) is 66.9 Å². The lowest BCUT2D eigenvalue weighted by Gasteiger charge is -2.40. The van der Waals surface area contributed by atoms with Gasteiger partial charge in [-0.3, -0.25) is 4.98 Å². The van der Waals surface area contributed by atoms with Gasteiger partial charge in [0.05, 0.1) is 23.7 Å². The number of aldehydes is 1. The summed E-state index contributed by atoms with van der Waals surface area (Å²) in [7, 11) is 0. The van der Waals surface area contributed by atoms with Crippen molar-refractivity contribution in [2.24, 2.45) is 5.92 Å². The molecular formula is C24H18N2O5. The minimum atomic E-state index is -2.07. The van der Waals surface area contributed by atoms with Crippen LogP contribution in [0.3, 0.4) is 0 Å². The fraction of sp³-hybridized carbons (Fsp3) is 0.208. The second-order valence-corrected chi connectivity index (χ2v) is 7.88. The highest BCUT2D eigenvalue weighted by atomic mass is 16.5. The maximum atomic E-state index is 12.2. The SMILES string of the molecule is N#Cc1ccc([C@@]23Oc4cc(O)cnc4[C@]2(O)[C@H](O)[C@H](C=O)[C@H]3c2ccccc2)cc1. The van der Waals surface area contributed by atoms with E-state index in [4.69, 9.17) is 4.74 Å². The molecule has 31 heavy (non-hydrogen) atoms. The summed E-state index contributed by atoms with van der Waals surface area (Å²) in [5.74, 6) is -1.80. The molecule has 0 spiro atoms. The van der Waals surface area contributed by atoms with Gasteiger partial charge in [0, 0.05) is 12.0 Å². The molecule has 2 heterocycles. The number of aromatic nitrogens is 1. The predicted octanol–water partition coefficient (Wildman–Crippen LogP) is 2.11. The van der Waals surface area contributed by atoms with Crippen molar-refractivity contribution in [3.05, 3.63) is 89.2 Å². The highest BCUT2D eigenvalue weighted by molar-refractivity contribution is 5.65. The number of carbonyl (C=O) groups is 1. The number of nitrogens with zero attached hydrogens (tertiary/aromatic N) is 2. The molecule has 0 unspecified atom stereocenters. The quantitative estimate of drug-likeness (QED) is 0.561. The van der Waals surface area contributed by atoms with Crippen LogP contribution in [0.4, 0.5) is 0 Å².